The molecule has 0 atom stereocenters. The minimum Gasteiger partial charge on any atom is -0.309 e. The summed E-state index contributed by atoms with van der Waals surface area (Å²) in [5.41, 5.74) is 33.3. The Morgan fingerprint density at radius 2 is 0.347 bits per heavy atom. The standard InChI is InChI=1S/2C58H38N4/c1-4-16-39(17-5-1)52-38-53(60-58(59-52)40-18-6-2-7-19-40)45-22-14-20-41(34-45)42-21-15-25-47(35-42)62-55-29-13-11-27-49(55)51-37-44(31-33-57(51)62)43-30-32-56-50(36-43)48-26-10-12-28-54(48)61(56)46-23-8-3-9-24-46;1-4-14-41(15-5-1)52-38-53(60-58(59-52)43-16-6-2-7-17-43)42-26-24-39(25-27-42)40-28-32-47(33-29-40)62-55-23-13-11-21-49(55)51-37-45(31-35-57(51)62)44-30-34-56-50(36-44)48-20-10-12-22-54(48)61(56)46-18-8-3-9-19-46/h2*1-38H. The Kier molecular flexibility index (Phi) is 18.1. The van der Waals surface area contributed by atoms with Gasteiger partial charge in [-0.05, 0) is 184 Å². The predicted octanol–water partition coefficient (Wildman–Crippen LogP) is 30.0. The molecule has 0 bridgehead atoms. The summed E-state index contributed by atoms with van der Waals surface area (Å²) in [5.74, 6) is 1.42. The lowest BCUT2D eigenvalue weighted by Crippen LogP contribution is -1.96. The van der Waals surface area contributed by atoms with Crippen molar-refractivity contribution in [3.8, 4) is 135 Å². The van der Waals surface area contributed by atoms with Crippen LogP contribution in [0.4, 0.5) is 0 Å². The second kappa shape index (κ2) is 30.9. The highest BCUT2D eigenvalue weighted by molar-refractivity contribution is 6.15. The highest BCUT2D eigenvalue weighted by Gasteiger charge is 2.22. The van der Waals surface area contributed by atoms with E-state index in [2.05, 4.69) is 419 Å². The Bertz CT molecular complexity index is 8060. The lowest BCUT2D eigenvalue weighted by molar-refractivity contribution is 1.18. The molecule has 24 rings (SSSR count). The third-order valence-corrected chi connectivity index (χ3v) is 24.3. The molecule has 8 nitrogen and oxygen atoms in total. The van der Waals surface area contributed by atoms with Gasteiger partial charge in [0.2, 0.25) is 0 Å². The van der Waals surface area contributed by atoms with Crippen LogP contribution in [0.5, 0.6) is 0 Å². The first kappa shape index (κ1) is 72.5. The molecule has 6 aromatic heterocycles. The third kappa shape index (κ3) is 13.1. The van der Waals surface area contributed by atoms with Crippen molar-refractivity contribution in [2.24, 2.45) is 0 Å². The predicted molar refractivity (Wildman–Crippen MR) is 516 cm³/mol. The van der Waals surface area contributed by atoms with Crippen molar-refractivity contribution < 1.29 is 0 Å². The molecule has 18 aromatic carbocycles. The number of rotatable bonds is 14. The van der Waals surface area contributed by atoms with Crippen molar-refractivity contribution in [2.75, 3.05) is 0 Å². The summed E-state index contributed by atoms with van der Waals surface area (Å²) >= 11 is 0. The molecule has 580 valence electrons. The van der Waals surface area contributed by atoms with Gasteiger partial charge in [0.15, 0.2) is 11.6 Å². The van der Waals surface area contributed by atoms with Crippen molar-refractivity contribution in [3.05, 3.63) is 461 Å². The van der Waals surface area contributed by atoms with Gasteiger partial charge in [-0.15, -0.1) is 0 Å². The molecule has 0 aliphatic rings. The zero-order chi connectivity index (χ0) is 82.0. The molecule has 124 heavy (non-hydrogen) atoms. The van der Waals surface area contributed by atoms with Gasteiger partial charge in [-0.1, -0.05) is 322 Å². The normalized spacial score (nSPS) is 11.5. The van der Waals surface area contributed by atoms with Crippen LogP contribution in [0.3, 0.4) is 0 Å². The zero-order valence-electron chi connectivity index (χ0n) is 67.5. The quantitative estimate of drug-likeness (QED) is 0.109. The maximum Gasteiger partial charge on any atom is 0.160 e. The van der Waals surface area contributed by atoms with Crippen LogP contribution in [0.25, 0.3) is 222 Å². The molecule has 0 saturated heterocycles. The molecule has 0 aliphatic heterocycles. The summed E-state index contributed by atoms with van der Waals surface area (Å²) in [6.45, 7) is 0. The summed E-state index contributed by atoms with van der Waals surface area (Å²) in [4.78, 5) is 20.1. The van der Waals surface area contributed by atoms with Crippen molar-refractivity contribution in [1.29, 1.82) is 0 Å². The summed E-state index contributed by atoms with van der Waals surface area (Å²) < 4.78 is 9.53. The molecular weight excluding hydrogens is 1510 g/mol. The van der Waals surface area contributed by atoms with Crippen molar-refractivity contribution in [2.45, 2.75) is 0 Å². The van der Waals surface area contributed by atoms with E-state index in [-0.39, 0.29) is 0 Å². The van der Waals surface area contributed by atoms with Crippen molar-refractivity contribution in [1.82, 2.24) is 38.2 Å². The van der Waals surface area contributed by atoms with Gasteiger partial charge in [-0.2, -0.15) is 0 Å². The van der Waals surface area contributed by atoms with Gasteiger partial charge in [0.1, 0.15) is 0 Å². The Morgan fingerprint density at radius 1 is 0.121 bits per heavy atom. The fourth-order valence-corrected chi connectivity index (χ4v) is 18.3. The van der Waals surface area contributed by atoms with Crippen LogP contribution in [0, 0.1) is 0 Å². The van der Waals surface area contributed by atoms with Crippen LogP contribution in [-0.2, 0) is 0 Å². The molecule has 0 N–H and O–H groups in total. The Morgan fingerprint density at radius 3 is 0.718 bits per heavy atom. The summed E-state index contributed by atoms with van der Waals surface area (Å²) in [6, 6.07) is 164. The fraction of sp³-hybridized carbons (Fsp3) is 0. The van der Waals surface area contributed by atoms with E-state index in [9.17, 15) is 0 Å². The summed E-state index contributed by atoms with van der Waals surface area (Å²) in [5, 5.41) is 9.94. The van der Waals surface area contributed by atoms with Gasteiger partial charge in [0.25, 0.3) is 0 Å². The van der Waals surface area contributed by atoms with Gasteiger partial charge in [0, 0.05) is 99.2 Å². The van der Waals surface area contributed by atoms with Crippen molar-refractivity contribution in [3.63, 3.8) is 0 Å². The minimum absolute atomic E-state index is 0.708. The number of para-hydroxylation sites is 6. The van der Waals surface area contributed by atoms with Crippen LogP contribution >= 0.6 is 0 Å². The van der Waals surface area contributed by atoms with Gasteiger partial charge in [0.05, 0.1) is 66.9 Å². The van der Waals surface area contributed by atoms with E-state index in [0.29, 0.717) is 11.6 Å². The molecule has 8 heteroatoms. The largest absolute Gasteiger partial charge is 0.309 e. The molecule has 6 heterocycles. The first-order valence-corrected chi connectivity index (χ1v) is 42.1. The Balaban J connectivity index is 0.000000143. The van der Waals surface area contributed by atoms with Gasteiger partial charge in [-0.25, -0.2) is 19.9 Å². The minimum atomic E-state index is 0.708. The number of benzene rings is 18. The first-order chi connectivity index (χ1) is 61.5. The van der Waals surface area contributed by atoms with Gasteiger partial charge >= 0.3 is 0 Å². The Hall–Kier alpha value is -16.7. The molecule has 0 spiro atoms. The van der Waals surface area contributed by atoms with Crippen LogP contribution in [0.1, 0.15) is 0 Å². The Labute approximate surface area is 716 Å². The smallest absolute Gasteiger partial charge is 0.160 e. The van der Waals surface area contributed by atoms with Crippen LogP contribution in [0.15, 0.2) is 461 Å². The van der Waals surface area contributed by atoms with Crippen LogP contribution < -0.4 is 0 Å². The second-order valence-electron chi connectivity index (χ2n) is 31.7. The van der Waals surface area contributed by atoms with E-state index in [1.807, 2.05) is 60.7 Å². The number of hydrogen-bond acceptors (Lipinski definition) is 4. The number of nitrogens with zero attached hydrogens (tertiary/aromatic N) is 8. The van der Waals surface area contributed by atoms with Gasteiger partial charge < -0.3 is 18.3 Å². The van der Waals surface area contributed by atoms with Gasteiger partial charge in [-0.3, -0.25) is 0 Å². The number of fused-ring (bicyclic) bond motifs is 12. The van der Waals surface area contributed by atoms with E-state index in [0.717, 1.165) is 95.5 Å². The molecule has 0 fully saturated rings. The molecule has 24 aromatic rings. The SMILES string of the molecule is c1ccc(-c2cc(-c3ccc(-c4ccc(-n5c6ccccc6c6cc(-c7ccc8c(c7)c7ccccc7n8-c7ccccc7)ccc65)cc4)cc3)nc(-c3ccccc3)n2)cc1.c1ccc(-c2cc(-c3cccc(-c4cccc(-n5c6ccccc6c6cc(-c7ccc8c(c7)c7ccccc7n8-c7ccccc7)ccc65)c4)c3)nc(-c3ccccc3)n2)cc1. The van der Waals surface area contributed by atoms with Crippen molar-refractivity contribution >= 4 is 87.2 Å². The first-order valence-electron chi connectivity index (χ1n) is 42.1. The highest BCUT2D eigenvalue weighted by Crippen LogP contribution is 2.44. The maximum absolute atomic E-state index is 5.12. The average Bonchev–Trinajstić information content (AvgIpc) is 1.58. The monoisotopic (exact) mass is 1580 g/mol. The molecular formula is C116H76N8. The number of hydrogen-bond donors (Lipinski definition) is 0. The lowest BCUT2D eigenvalue weighted by atomic mass is 10.00. The van der Waals surface area contributed by atoms with Crippen LogP contribution in [-0.4, -0.2) is 38.2 Å². The zero-order valence-corrected chi connectivity index (χ0v) is 67.5. The molecule has 0 unspecified atom stereocenters. The topological polar surface area (TPSA) is 71.3 Å². The average molecular weight is 1580 g/mol. The lowest BCUT2D eigenvalue weighted by Gasteiger charge is -2.12. The maximum atomic E-state index is 5.12. The van der Waals surface area contributed by atoms with E-state index in [1.165, 1.54) is 115 Å². The third-order valence-electron chi connectivity index (χ3n) is 24.3. The molecule has 0 amide bonds. The molecule has 0 radical (unpaired) electrons. The number of aromatic nitrogens is 8. The van der Waals surface area contributed by atoms with E-state index >= 15 is 0 Å². The van der Waals surface area contributed by atoms with E-state index in [1.54, 1.807) is 0 Å². The molecule has 0 saturated carbocycles. The highest BCUT2D eigenvalue weighted by atomic mass is 15.0. The van der Waals surface area contributed by atoms with Crippen LogP contribution in [0.2, 0.25) is 0 Å². The molecule has 0 aliphatic carbocycles. The van der Waals surface area contributed by atoms with E-state index < -0.39 is 0 Å². The summed E-state index contributed by atoms with van der Waals surface area (Å²) in [6.07, 6.45) is 0. The second-order valence-corrected chi connectivity index (χ2v) is 31.7. The fourth-order valence-electron chi connectivity index (χ4n) is 18.3. The summed E-state index contributed by atoms with van der Waals surface area (Å²) in [7, 11) is 0. The van der Waals surface area contributed by atoms with E-state index in [4.69, 9.17) is 19.9 Å².